The summed E-state index contributed by atoms with van der Waals surface area (Å²) in [5.41, 5.74) is 2.82. The Morgan fingerprint density at radius 2 is 2.00 bits per heavy atom. The van der Waals surface area contributed by atoms with Crippen LogP contribution < -0.4 is 5.32 Å². The monoisotopic (exact) mass is 283 g/mol. The molecule has 0 bridgehead atoms. The highest BCUT2D eigenvalue weighted by Gasteiger charge is 2.16. The summed E-state index contributed by atoms with van der Waals surface area (Å²) >= 11 is 0. The quantitative estimate of drug-likeness (QED) is 0.521. The Hall–Kier alpha value is -2.03. The predicted molar refractivity (Wildman–Crippen MR) is 91.4 cm³/mol. The lowest BCUT2D eigenvalue weighted by Gasteiger charge is -2.31. The minimum absolute atomic E-state index is 0.672. The molecule has 3 heteroatoms. The van der Waals surface area contributed by atoms with Crippen molar-refractivity contribution in [3.63, 3.8) is 0 Å². The molecule has 21 heavy (non-hydrogen) atoms. The van der Waals surface area contributed by atoms with Gasteiger partial charge in [0.2, 0.25) is 0 Å². The van der Waals surface area contributed by atoms with E-state index in [1.54, 1.807) is 0 Å². The Morgan fingerprint density at radius 3 is 2.62 bits per heavy atom. The third-order valence-electron chi connectivity index (χ3n) is 3.58. The van der Waals surface area contributed by atoms with Crippen molar-refractivity contribution < 1.29 is 0 Å². The van der Waals surface area contributed by atoms with E-state index in [1.165, 1.54) is 11.1 Å². The van der Waals surface area contributed by atoms with E-state index in [4.69, 9.17) is 0 Å². The van der Waals surface area contributed by atoms with E-state index in [-0.39, 0.29) is 0 Å². The van der Waals surface area contributed by atoms with Crippen LogP contribution >= 0.6 is 0 Å². The van der Waals surface area contributed by atoms with E-state index in [9.17, 15) is 0 Å². The van der Waals surface area contributed by atoms with Crippen LogP contribution in [0.1, 0.15) is 25.3 Å². The van der Waals surface area contributed by atoms with E-state index in [1.807, 2.05) is 6.08 Å². The molecule has 0 radical (unpaired) electrons. The van der Waals surface area contributed by atoms with Crippen molar-refractivity contribution in [2.24, 2.45) is 4.99 Å². The highest BCUT2D eigenvalue weighted by Crippen LogP contribution is 2.19. The molecule has 1 heterocycles. The van der Waals surface area contributed by atoms with Gasteiger partial charge in [-0.1, -0.05) is 48.1 Å². The van der Waals surface area contributed by atoms with E-state index in [0.717, 1.165) is 38.4 Å². The fourth-order valence-electron chi connectivity index (χ4n) is 2.51. The number of hydrogen-bond acceptors (Lipinski definition) is 1. The molecule has 1 aliphatic heterocycles. The number of guanidine groups is 1. The zero-order chi connectivity index (χ0) is 14.9. The van der Waals surface area contributed by atoms with Crippen LogP contribution in [0.5, 0.6) is 0 Å². The van der Waals surface area contributed by atoms with Crippen molar-refractivity contribution in [2.75, 3.05) is 26.2 Å². The molecule has 1 aromatic rings. The molecule has 2 rings (SSSR count). The average Bonchev–Trinajstić information content (AvgIpc) is 2.53. The van der Waals surface area contributed by atoms with Gasteiger partial charge in [0, 0.05) is 19.6 Å². The van der Waals surface area contributed by atoms with Crippen molar-refractivity contribution in [3.8, 4) is 0 Å². The summed E-state index contributed by atoms with van der Waals surface area (Å²) in [4.78, 5) is 6.90. The number of likely N-dealkylation sites (tertiary alicyclic amines) is 1. The molecule has 0 saturated carbocycles. The first-order valence-corrected chi connectivity index (χ1v) is 7.72. The first-order chi connectivity index (χ1) is 10.3. The number of hydrogen-bond donors (Lipinski definition) is 1. The summed E-state index contributed by atoms with van der Waals surface area (Å²) in [6.45, 7) is 9.47. The number of nitrogens with one attached hydrogen (secondary N) is 1. The first kappa shape index (κ1) is 15.4. The summed E-state index contributed by atoms with van der Waals surface area (Å²) in [6, 6.07) is 10.6. The number of aliphatic imine (C=N–C) groups is 1. The maximum Gasteiger partial charge on any atom is 0.194 e. The van der Waals surface area contributed by atoms with Crippen molar-refractivity contribution in [1.29, 1.82) is 0 Å². The molecule has 0 amide bonds. The minimum atomic E-state index is 0.672. The van der Waals surface area contributed by atoms with E-state index in [2.05, 4.69) is 65.1 Å². The van der Waals surface area contributed by atoms with Gasteiger partial charge in [-0.3, -0.25) is 0 Å². The highest BCUT2D eigenvalue weighted by atomic mass is 15.3. The molecular weight excluding hydrogens is 258 g/mol. The van der Waals surface area contributed by atoms with Crippen LogP contribution in [0, 0.1) is 0 Å². The SMILES string of the molecule is C=CCN=C(NCC)N1CCC(=Cc2ccccc2)CC1. The van der Waals surface area contributed by atoms with Gasteiger partial charge in [0.15, 0.2) is 5.96 Å². The molecule has 3 nitrogen and oxygen atoms in total. The lowest BCUT2D eigenvalue weighted by atomic mass is 10.0. The zero-order valence-corrected chi connectivity index (χ0v) is 12.9. The van der Waals surface area contributed by atoms with E-state index in [0.29, 0.717) is 6.54 Å². The summed E-state index contributed by atoms with van der Waals surface area (Å²) in [7, 11) is 0. The summed E-state index contributed by atoms with van der Waals surface area (Å²) in [5, 5.41) is 3.36. The Labute approximate surface area is 128 Å². The van der Waals surface area contributed by atoms with Crippen LogP contribution in [0.25, 0.3) is 6.08 Å². The van der Waals surface area contributed by atoms with E-state index < -0.39 is 0 Å². The predicted octanol–water partition coefficient (Wildman–Crippen LogP) is 3.32. The molecule has 1 fully saturated rings. The van der Waals surface area contributed by atoms with Crippen LogP contribution in [-0.4, -0.2) is 37.0 Å². The molecule has 0 unspecified atom stereocenters. The van der Waals surface area contributed by atoms with Gasteiger partial charge in [0.1, 0.15) is 0 Å². The summed E-state index contributed by atoms with van der Waals surface area (Å²) in [5.74, 6) is 1.01. The minimum Gasteiger partial charge on any atom is -0.357 e. The number of nitrogens with zero attached hydrogens (tertiary/aromatic N) is 2. The van der Waals surface area contributed by atoms with Crippen LogP contribution in [0.15, 0.2) is 53.6 Å². The Bertz CT molecular complexity index is 492. The van der Waals surface area contributed by atoms with E-state index >= 15 is 0 Å². The Balaban J connectivity index is 1.95. The van der Waals surface area contributed by atoms with Crippen molar-refractivity contribution in [2.45, 2.75) is 19.8 Å². The molecule has 1 aliphatic rings. The van der Waals surface area contributed by atoms with Crippen LogP contribution in [0.3, 0.4) is 0 Å². The van der Waals surface area contributed by atoms with Crippen LogP contribution in [-0.2, 0) is 0 Å². The molecule has 1 aromatic carbocycles. The second-order valence-corrected chi connectivity index (χ2v) is 5.18. The molecule has 0 aliphatic carbocycles. The van der Waals surface area contributed by atoms with Crippen molar-refractivity contribution >= 4 is 12.0 Å². The molecular formula is C18H25N3. The van der Waals surface area contributed by atoms with Gasteiger partial charge in [-0.25, -0.2) is 4.99 Å². The lowest BCUT2D eigenvalue weighted by molar-refractivity contribution is 0.376. The summed E-state index contributed by atoms with van der Waals surface area (Å²) < 4.78 is 0. The summed E-state index contributed by atoms with van der Waals surface area (Å²) in [6.07, 6.45) is 6.37. The van der Waals surface area contributed by atoms with Gasteiger partial charge < -0.3 is 10.2 Å². The topological polar surface area (TPSA) is 27.6 Å². The maximum absolute atomic E-state index is 4.56. The third kappa shape index (κ3) is 4.78. The lowest BCUT2D eigenvalue weighted by Crippen LogP contribution is -2.44. The van der Waals surface area contributed by atoms with Crippen LogP contribution in [0.4, 0.5) is 0 Å². The molecule has 112 valence electrons. The fraction of sp³-hybridized carbons (Fsp3) is 0.389. The fourth-order valence-corrected chi connectivity index (χ4v) is 2.51. The maximum atomic E-state index is 4.56. The van der Waals surface area contributed by atoms with Gasteiger partial charge >= 0.3 is 0 Å². The first-order valence-electron chi connectivity index (χ1n) is 7.72. The smallest absolute Gasteiger partial charge is 0.194 e. The largest absolute Gasteiger partial charge is 0.357 e. The van der Waals surface area contributed by atoms with Crippen molar-refractivity contribution in [1.82, 2.24) is 10.2 Å². The van der Waals surface area contributed by atoms with Crippen molar-refractivity contribution in [3.05, 3.63) is 54.1 Å². The number of rotatable bonds is 4. The Morgan fingerprint density at radius 1 is 1.29 bits per heavy atom. The molecule has 1 N–H and O–H groups in total. The number of piperidine rings is 1. The third-order valence-corrected chi connectivity index (χ3v) is 3.58. The molecule has 0 spiro atoms. The average molecular weight is 283 g/mol. The highest BCUT2D eigenvalue weighted by molar-refractivity contribution is 5.80. The second kappa shape index (κ2) is 8.30. The molecule has 1 saturated heterocycles. The molecule has 0 aromatic heterocycles. The van der Waals surface area contributed by atoms with Crippen LogP contribution in [0.2, 0.25) is 0 Å². The Kier molecular flexibility index (Phi) is 6.07. The zero-order valence-electron chi connectivity index (χ0n) is 12.9. The van der Waals surface area contributed by atoms with Gasteiger partial charge in [-0.2, -0.15) is 0 Å². The normalized spacial score (nSPS) is 15.8. The van der Waals surface area contributed by atoms with Gasteiger partial charge in [0.25, 0.3) is 0 Å². The van der Waals surface area contributed by atoms with Gasteiger partial charge in [-0.05, 0) is 25.3 Å². The van der Waals surface area contributed by atoms with Gasteiger partial charge in [-0.15, -0.1) is 6.58 Å². The number of benzene rings is 1. The second-order valence-electron chi connectivity index (χ2n) is 5.18. The van der Waals surface area contributed by atoms with Gasteiger partial charge in [0.05, 0.1) is 6.54 Å². The standard InChI is InChI=1S/C18H25N3/c1-3-12-20-18(19-4-2)21-13-10-17(11-14-21)15-16-8-6-5-7-9-16/h3,5-9,15H,1,4,10-14H2,2H3,(H,19,20). The molecule has 0 atom stereocenters.